The molecule has 0 atom stereocenters. The minimum Gasteiger partial charge on any atom is -0.396 e. The third-order valence-electron chi connectivity index (χ3n) is 2.69. The van der Waals surface area contributed by atoms with Crippen LogP contribution in [0.5, 0.6) is 0 Å². The molecule has 0 amide bonds. The first kappa shape index (κ1) is 13.6. The van der Waals surface area contributed by atoms with Crippen LogP contribution >= 0.6 is 0 Å². The smallest absolute Gasteiger partial charge is 0.0964 e. The molecule has 2 aromatic rings. The number of aryl methyl sites for hydroxylation is 2. The minimum atomic E-state index is 0.173. The molecule has 0 fully saturated rings. The van der Waals surface area contributed by atoms with Gasteiger partial charge >= 0.3 is 0 Å². The molecular weight excluding hydrogens is 242 g/mol. The first-order valence-electron chi connectivity index (χ1n) is 6.41. The fourth-order valence-corrected chi connectivity index (χ4v) is 1.78. The lowest BCUT2D eigenvalue weighted by atomic mass is 10.3. The predicted octanol–water partition coefficient (Wildman–Crippen LogP) is 0.654. The van der Waals surface area contributed by atoms with Crippen molar-refractivity contribution in [3.05, 3.63) is 41.5 Å². The fourth-order valence-electron chi connectivity index (χ4n) is 1.78. The lowest BCUT2D eigenvalue weighted by Crippen LogP contribution is -2.14. The Morgan fingerprint density at radius 3 is 2.89 bits per heavy atom. The summed E-state index contributed by atoms with van der Waals surface area (Å²) in [6.07, 6.45) is 2.59. The van der Waals surface area contributed by atoms with Gasteiger partial charge in [-0.1, -0.05) is 11.3 Å². The van der Waals surface area contributed by atoms with Gasteiger partial charge in [0.05, 0.1) is 11.4 Å². The fraction of sp³-hybridized carbons (Fsp3) is 0.462. The van der Waals surface area contributed by atoms with Crippen LogP contribution in [0, 0.1) is 6.92 Å². The number of aromatic nitrogens is 4. The highest BCUT2D eigenvalue weighted by Crippen LogP contribution is 1.99. The summed E-state index contributed by atoms with van der Waals surface area (Å²) in [5.41, 5.74) is 2.94. The Bertz CT molecular complexity index is 511. The largest absolute Gasteiger partial charge is 0.396 e. The third-order valence-corrected chi connectivity index (χ3v) is 2.69. The van der Waals surface area contributed by atoms with Gasteiger partial charge in [0.2, 0.25) is 0 Å². The summed E-state index contributed by atoms with van der Waals surface area (Å²) < 4.78 is 1.75. The van der Waals surface area contributed by atoms with Gasteiger partial charge in [0.1, 0.15) is 0 Å². The van der Waals surface area contributed by atoms with E-state index in [1.165, 1.54) is 0 Å². The Morgan fingerprint density at radius 1 is 1.26 bits per heavy atom. The Kier molecular flexibility index (Phi) is 5.00. The lowest BCUT2D eigenvalue weighted by molar-refractivity contribution is 0.276. The highest BCUT2D eigenvalue weighted by molar-refractivity contribution is 5.09. The molecule has 2 aromatic heterocycles. The van der Waals surface area contributed by atoms with Gasteiger partial charge in [-0.05, 0) is 25.5 Å². The van der Waals surface area contributed by atoms with E-state index in [0.717, 1.165) is 17.1 Å². The number of pyridine rings is 1. The molecule has 2 rings (SSSR count). The van der Waals surface area contributed by atoms with E-state index in [1.54, 1.807) is 4.68 Å². The van der Waals surface area contributed by atoms with Crippen LogP contribution in [0.15, 0.2) is 24.4 Å². The summed E-state index contributed by atoms with van der Waals surface area (Å²) in [7, 11) is 0. The van der Waals surface area contributed by atoms with Crippen molar-refractivity contribution in [2.45, 2.75) is 33.0 Å². The summed E-state index contributed by atoms with van der Waals surface area (Å²) in [6.45, 7) is 4.23. The van der Waals surface area contributed by atoms with E-state index in [4.69, 9.17) is 5.11 Å². The van der Waals surface area contributed by atoms with Crippen molar-refractivity contribution in [1.29, 1.82) is 0 Å². The van der Waals surface area contributed by atoms with Crippen LogP contribution < -0.4 is 5.32 Å². The number of hydrogen-bond acceptors (Lipinski definition) is 5. The van der Waals surface area contributed by atoms with E-state index in [-0.39, 0.29) is 6.61 Å². The molecular formula is C13H19N5O. The van der Waals surface area contributed by atoms with Crippen molar-refractivity contribution in [1.82, 2.24) is 25.3 Å². The Labute approximate surface area is 112 Å². The molecule has 0 radical (unpaired) electrons. The molecule has 0 bridgehead atoms. The molecule has 0 unspecified atom stereocenters. The molecule has 0 aliphatic heterocycles. The zero-order chi connectivity index (χ0) is 13.5. The molecule has 2 N–H and O–H groups in total. The Morgan fingerprint density at radius 2 is 2.11 bits per heavy atom. The SMILES string of the molecule is Cc1cccc(CNCc2cn(CCCO)nn2)n1. The molecule has 6 heteroatoms. The van der Waals surface area contributed by atoms with Gasteiger partial charge in [-0.25, -0.2) is 0 Å². The van der Waals surface area contributed by atoms with Crippen LogP contribution in [-0.2, 0) is 19.6 Å². The average molecular weight is 261 g/mol. The normalized spacial score (nSPS) is 10.8. The quantitative estimate of drug-likeness (QED) is 0.765. The van der Waals surface area contributed by atoms with Crippen molar-refractivity contribution < 1.29 is 5.11 Å². The van der Waals surface area contributed by atoms with Gasteiger partial charge in [0.15, 0.2) is 0 Å². The third kappa shape index (κ3) is 4.42. The molecule has 102 valence electrons. The monoisotopic (exact) mass is 261 g/mol. The maximum absolute atomic E-state index is 8.74. The molecule has 0 saturated carbocycles. The summed E-state index contributed by atoms with van der Waals surface area (Å²) in [6, 6.07) is 5.98. The van der Waals surface area contributed by atoms with Crippen LogP contribution in [0.2, 0.25) is 0 Å². The topological polar surface area (TPSA) is 75.9 Å². The molecule has 0 spiro atoms. The molecule has 0 aromatic carbocycles. The number of hydrogen-bond donors (Lipinski definition) is 2. The van der Waals surface area contributed by atoms with Crippen LogP contribution in [0.3, 0.4) is 0 Å². The molecule has 0 aliphatic rings. The van der Waals surface area contributed by atoms with E-state index in [0.29, 0.717) is 26.1 Å². The number of rotatable bonds is 7. The van der Waals surface area contributed by atoms with E-state index >= 15 is 0 Å². The Hall–Kier alpha value is -1.79. The van der Waals surface area contributed by atoms with Crippen LogP contribution in [-0.4, -0.2) is 31.7 Å². The van der Waals surface area contributed by atoms with Gasteiger partial charge in [-0.2, -0.15) is 0 Å². The molecule has 0 saturated heterocycles. The zero-order valence-electron chi connectivity index (χ0n) is 11.1. The van der Waals surface area contributed by atoms with E-state index in [2.05, 4.69) is 20.6 Å². The number of aliphatic hydroxyl groups excluding tert-OH is 1. The summed E-state index contributed by atoms with van der Waals surface area (Å²) >= 11 is 0. The van der Waals surface area contributed by atoms with Crippen molar-refractivity contribution >= 4 is 0 Å². The van der Waals surface area contributed by atoms with Crippen molar-refractivity contribution in [2.24, 2.45) is 0 Å². The number of aliphatic hydroxyl groups is 1. The second-order valence-corrected chi connectivity index (χ2v) is 4.42. The Balaban J connectivity index is 1.77. The maximum atomic E-state index is 8.74. The van der Waals surface area contributed by atoms with Crippen molar-refractivity contribution in [3.8, 4) is 0 Å². The van der Waals surface area contributed by atoms with Crippen LogP contribution in [0.4, 0.5) is 0 Å². The van der Waals surface area contributed by atoms with Gasteiger partial charge in [-0.3, -0.25) is 9.67 Å². The first-order chi connectivity index (χ1) is 9.28. The van der Waals surface area contributed by atoms with Gasteiger partial charge in [0.25, 0.3) is 0 Å². The summed E-state index contributed by atoms with van der Waals surface area (Å²) in [4.78, 5) is 4.42. The van der Waals surface area contributed by atoms with Gasteiger partial charge in [0, 0.05) is 38.1 Å². The summed E-state index contributed by atoms with van der Waals surface area (Å²) in [5, 5.41) is 20.1. The van der Waals surface area contributed by atoms with Crippen LogP contribution in [0.1, 0.15) is 23.5 Å². The number of nitrogens with zero attached hydrogens (tertiary/aromatic N) is 4. The molecule has 0 aliphatic carbocycles. The minimum absolute atomic E-state index is 0.173. The molecule has 2 heterocycles. The standard InChI is InChI=1S/C13H19N5O/c1-11-4-2-5-12(15-11)8-14-9-13-10-18(17-16-13)6-3-7-19/h2,4-5,10,14,19H,3,6-9H2,1H3. The molecule has 19 heavy (non-hydrogen) atoms. The zero-order valence-corrected chi connectivity index (χ0v) is 11.1. The first-order valence-corrected chi connectivity index (χ1v) is 6.41. The second kappa shape index (κ2) is 6.96. The number of nitrogens with one attached hydrogen (secondary N) is 1. The lowest BCUT2D eigenvalue weighted by Gasteiger charge is -2.02. The summed E-state index contributed by atoms with van der Waals surface area (Å²) in [5.74, 6) is 0. The van der Waals surface area contributed by atoms with E-state index in [9.17, 15) is 0 Å². The van der Waals surface area contributed by atoms with Crippen LogP contribution in [0.25, 0.3) is 0 Å². The van der Waals surface area contributed by atoms with E-state index < -0.39 is 0 Å². The highest BCUT2D eigenvalue weighted by Gasteiger charge is 2.01. The van der Waals surface area contributed by atoms with Gasteiger partial charge in [-0.15, -0.1) is 5.10 Å². The predicted molar refractivity (Wildman–Crippen MR) is 71.2 cm³/mol. The van der Waals surface area contributed by atoms with Crippen molar-refractivity contribution in [2.75, 3.05) is 6.61 Å². The van der Waals surface area contributed by atoms with Crippen molar-refractivity contribution in [3.63, 3.8) is 0 Å². The molecule has 6 nitrogen and oxygen atoms in total. The second-order valence-electron chi connectivity index (χ2n) is 4.42. The van der Waals surface area contributed by atoms with E-state index in [1.807, 2.05) is 31.3 Å². The highest BCUT2D eigenvalue weighted by atomic mass is 16.3. The average Bonchev–Trinajstić information content (AvgIpc) is 2.84. The van der Waals surface area contributed by atoms with Gasteiger partial charge < -0.3 is 10.4 Å². The maximum Gasteiger partial charge on any atom is 0.0964 e.